The normalized spacial score (nSPS) is 30.6. The second kappa shape index (κ2) is 21.4. The third-order valence-corrected chi connectivity index (χ3v) is 12.6. The Hall–Kier alpha value is -4.81. The molecule has 66 heavy (non-hydrogen) atoms. The molecule has 0 aromatic heterocycles. The van der Waals surface area contributed by atoms with Crippen molar-refractivity contribution in [2.24, 2.45) is 17.8 Å². The van der Waals surface area contributed by atoms with Crippen molar-refractivity contribution < 1.29 is 79.4 Å². The summed E-state index contributed by atoms with van der Waals surface area (Å²) in [5, 5.41) is 23.4. The van der Waals surface area contributed by atoms with Crippen LogP contribution in [0.25, 0.3) is 0 Å². The molecule has 0 aliphatic carbocycles. The molecular formula is C49H60F6O11. The molecular weight excluding hydrogens is 879 g/mol. The van der Waals surface area contributed by atoms with Crippen LogP contribution in [-0.4, -0.2) is 90.5 Å². The van der Waals surface area contributed by atoms with E-state index < -0.39 is 106 Å². The van der Waals surface area contributed by atoms with E-state index in [0.717, 1.165) is 44.6 Å². The molecule has 2 aliphatic rings. The molecule has 4 rings (SSSR count). The predicted octanol–water partition coefficient (Wildman–Crippen LogP) is 9.28. The minimum Gasteiger partial charge on any atom is -0.460 e. The van der Waals surface area contributed by atoms with E-state index in [1.54, 1.807) is 19.9 Å². The van der Waals surface area contributed by atoms with Gasteiger partial charge in [0.25, 0.3) is 11.2 Å². The molecule has 1 fully saturated rings. The van der Waals surface area contributed by atoms with Crippen LogP contribution in [0.5, 0.6) is 0 Å². The highest BCUT2D eigenvalue weighted by atomic mass is 19.4. The molecule has 2 heterocycles. The van der Waals surface area contributed by atoms with Crippen molar-refractivity contribution in [3.8, 4) is 0 Å². The van der Waals surface area contributed by atoms with E-state index in [2.05, 4.69) is 6.58 Å². The molecule has 2 aliphatic heterocycles. The smallest absolute Gasteiger partial charge is 0.432 e. The van der Waals surface area contributed by atoms with Crippen molar-refractivity contribution in [2.45, 2.75) is 133 Å². The van der Waals surface area contributed by atoms with Crippen molar-refractivity contribution in [1.82, 2.24) is 0 Å². The van der Waals surface area contributed by atoms with Crippen molar-refractivity contribution in [3.05, 3.63) is 120 Å². The molecule has 2 bridgehead atoms. The van der Waals surface area contributed by atoms with Gasteiger partial charge in [-0.2, -0.15) is 26.3 Å². The summed E-state index contributed by atoms with van der Waals surface area (Å²) in [6, 6.07) is 12.5. The Bertz CT molecular complexity index is 2090. The van der Waals surface area contributed by atoms with Crippen LogP contribution < -0.4 is 0 Å². The van der Waals surface area contributed by atoms with Gasteiger partial charge in [0.05, 0.1) is 6.10 Å². The van der Waals surface area contributed by atoms with Gasteiger partial charge in [-0.1, -0.05) is 117 Å². The number of alkyl halides is 6. The molecule has 0 saturated carbocycles. The van der Waals surface area contributed by atoms with Crippen LogP contribution >= 0.6 is 0 Å². The first-order valence-corrected chi connectivity index (χ1v) is 21.5. The van der Waals surface area contributed by atoms with E-state index in [-0.39, 0.29) is 37.7 Å². The Morgan fingerprint density at radius 2 is 1.39 bits per heavy atom. The quantitative estimate of drug-likeness (QED) is 0.0962. The lowest BCUT2D eigenvalue weighted by Gasteiger charge is -2.45. The molecule has 11 nitrogen and oxygen atoms in total. The fourth-order valence-electron chi connectivity index (χ4n) is 8.05. The number of allylic oxidation sites excluding steroid dienone is 1. The van der Waals surface area contributed by atoms with Crippen molar-refractivity contribution >= 4 is 17.9 Å². The number of fused-ring (bicyclic) bond motifs is 2. The molecule has 2 N–H and O–H groups in total. The van der Waals surface area contributed by atoms with Gasteiger partial charge >= 0.3 is 30.3 Å². The van der Waals surface area contributed by atoms with Crippen LogP contribution in [0.2, 0.25) is 0 Å². The number of carbonyl (C=O) groups excluding carboxylic acids is 3. The number of methoxy groups -OCH3 is 2. The summed E-state index contributed by atoms with van der Waals surface area (Å²) in [6.07, 6.45) is -8.05. The monoisotopic (exact) mass is 938 g/mol. The van der Waals surface area contributed by atoms with Crippen LogP contribution in [0.3, 0.4) is 0 Å². The van der Waals surface area contributed by atoms with Gasteiger partial charge in [-0.25, -0.2) is 14.4 Å². The number of ether oxygens (including phenoxy) is 6. The molecule has 364 valence electrons. The average Bonchev–Trinajstić information content (AvgIpc) is 3.22. The van der Waals surface area contributed by atoms with Gasteiger partial charge < -0.3 is 38.6 Å². The molecule has 0 unspecified atom stereocenters. The van der Waals surface area contributed by atoms with Crippen molar-refractivity contribution in [2.75, 3.05) is 14.2 Å². The highest BCUT2D eigenvalue weighted by Gasteiger charge is 2.65. The Kier molecular flexibility index (Phi) is 17.5. The van der Waals surface area contributed by atoms with Gasteiger partial charge in [-0.15, -0.1) is 0 Å². The van der Waals surface area contributed by atoms with Crippen LogP contribution in [0, 0.1) is 17.8 Å². The number of hydrogen-bond acceptors (Lipinski definition) is 11. The van der Waals surface area contributed by atoms with Gasteiger partial charge in [-0.3, -0.25) is 0 Å². The lowest BCUT2D eigenvalue weighted by Crippen LogP contribution is -2.56. The lowest BCUT2D eigenvalue weighted by atomic mass is 9.83. The zero-order valence-electron chi connectivity index (χ0n) is 38.3. The highest BCUT2D eigenvalue weighted by Crippen LogP contribution is 2.46. The minimum absolute atomic E-state index is 0.0274. The Labute approximate surface area is 381 Å². The summed E-state index contributed by atoms with van der Waals surface area (Å²) < 4.78 is 122. The zero-order chi connectivity index (χ0) is 49.5. The maximum absolute atomic E-state index is 14.9. The van der Waals surface area contributed by atoms with Crippen molar-refractivity contribution in [3.63, 3.8) is 0 Å². The molecule has 0 amide bonds. The highest BCUT2D eigenvalue weighted by molar-refractivity contribution is 5.84. The van der Waals surface area contributed by atoms with E-state index in [1.165, 1.54) is 82.3 Å². The summed E-state index contributed by atoms with van der Waals surface area (Å²) in [4.78, 5) is 41.1. The molecule has 0 radical (unpaired) electrons. The van der Waals surface area contributed by atoms with Crippen LogP contribution in [0.1, 0.15) is 84.8 Å². The average molecular weight is 939 g/mol. The van der Waals surface area contributed by atoms with Crippen molar-refractivity contribution in [1.29, 1.82) is 0 Å². The summed E-state index contributed by atoms with van der Waals surface area (Å²) >= 11 is 0. The van der Waals surface area contributed by atoms with E-state index in [9.17, 15) is 50.9 Å². The van der Waals surface area contributed by atoms with Gasteiger partial charge in [0.15, 0.2) is 0 Å². The minimum atomic E-state index is -5.30. The maximum Gasteiger partial charge on any atom is 0.432 e. The second-order valence-corrected chi connectivity index (χ2v) is 17.4. The number of aliphatic hydroxyl groups is 2. The molecule has 1 saturated heterocycles. The molecule has 17 heteroatoms. The molecule has 2 aromatic carbocycles. The van der Waals surface area contributed by atoms with Crippen LogP contribution in [0.15, 0.2) is 109 Å². The first-order chi connectivity index (χ1) is 30.7. The summed E-state index contributed by atoms with van der Waals surface area (Å²) in [5.41, 5.74) is -9.32. The van der Waals surface area contributed by atoms with Crippen LogP contribution in [-0.2, 0) is 54.0 Å². The summed E-state index contributed by atoms with van der Waals surface area (Å²) in [7, 11) is 1.48. The van der Waals surface area contributed by atoms with Gasteiger partial charge in [0.1, 0.15) is 23.9 Å². The molecule has 11 atom stereocenters. The maximum atomic E-state index is 14.9. The second-order valence-electron chi connectivity index (χ2n) is 17.4. The zero-order valence-corrected chi connectivity index (χ0v) is 38.3. The Morgan fingerprint density at radius 1 is 0.864 bits per heavy atom. The lowest BCUT2D eigenvalue weighted by molar-refractivity contribution is -0.305. The fraction of sp³-hybridized carbons (Fsp3) is 0.531. The van der Waals surface area contributed by atoms with E-state index in [4.69, 9.17) is 28.4 Å². The van der Waals surface area contributed by atoms with E-state index in [1.807, 2.05) is 0 Å². The Balaban J connectivity index is 1.73. The first-order valence-electron chi connectivity index (χ1n) is 21.5. The SMILES string of the molecule is C=C1C[C@@H]2C/C=C/[C@H](OC(=O)[C@](OC)(c3ccccc3)C(F)(F)F)[C@H](C)/C(C)=C\C(=O)O[C@H](C[C@H](C)[C@H](C)OC(=O)[C@](OC)(c3ccccc3)C(F)(F)F)[C@@H](C)C/C=C/[C@@](C)(O)[C@](O)(C1)O2. The number of hydrogen-bond donors (Lipinski definition) is 2. The molecule has 2 aromatic rings. The number of rotatable bonds is 11. The van der Waals surface area contributed by atoms with Gasteiger partial charge in [0, 0.05) is 43.8 Å². The Morgan fingerprint density at radius 3 is 1.91 bits per heavy atom. The summed E-state index contributed by atoms with van der Waals surface area (Å²) in [6.45, 7) is 13.0. The standard InChI is InChI=1S/C49H60F6O11/c1-30-26-38-23-16-24-39(65-43(58)47(62-9,49(53,54)55)37-21-14-11-15-22-37)34(5)32(3)28-41(56)64-40(31(2)18-17-25-44(7,59)45(60,29-30)66-38)27-33(4)35(6)63-42(57)46(61-8,48(50,51)52)36-19-12-10-13-20-36/h10-17,19-22,24-25,28,31,33-35,38-40,59-60H,1,18,23,26-27,29H2,2-9H3/b24-16+,25-17+,32-28-/t31-,33-,34+,35-,38-,39-,40+,44+,45-,46+,47+/m0/s1. The topological polar surface area (TPSA) is 147 Å². The third-order valence-electron chi connectivity index (χ3n) is 12.6. The van der Waals surface area contributed by atoms with E-state index in [0.29, 0.717) is 5.57 Å². The summed E-state index contributed by atoms with van der Waals surface area (Å²) in [5.74, 6) is -8.94. The fourth-order valence-corrected chi connectivity index (χ4v) is 8.05. The van der Waals surface area contributed by atoms with E-state index >= 15 is 0 Å². The molecule has 0 spiro atoms. The van der Waals surface area contributed by atoms with Gasteiger partial charge in [-0.05, 0) is 64.4 Å². The first kappa shape index (κ1) is 53.8. The van der Waals surface area contributed by atoms with Crippen LogP contribution in [0.4, 0.5) is 26.3 Å². The predicted molar refractivity (Wildman–Crippen MR) is 230 cm³/mol. The van der Waals surface area contributed by atoms with Gasteiger partial charge in [0.2, 0.25) is 5.79 Å². The number of benzene rings is 2. The number of cyclic esters (lactones) is 1. The number of halogens is 6. The third kappa shape index (κ3) is 11.6. The number of esters is 3. The largest absolute Gasteiger partial charge is 0.460 e. The number of carbonyl (C=O) groups is 3.